The van der Waals surface area contributed by atoms with Gasteiger partial charge in [0.1, 0.15) is 17.1 Å². The van der Waals surface area contributed by atoms with Gasteiger partial charge < -0.3 is 30.2 Å². The first-order chi connectivity index (χ1) is 13.4. The van der Waals surface area contributed by atoms with E-state index in [2.05, 4.69) is 0 Å². The first-order valence-corrected chi connectivity index (χ1v) is 10.4. The van der Waals surface area contributed by atoms with E-state index in [1.165, 1.54) is 18.9 Å². The number of hydrogen-bond acceptors (Lipinski definition) is 7. The van der Waals surface area contributed by atoms with E-state index >= 15 is 0 Å². The molecule has 0 aromatic heterocycles. The molecule has 8 nitrogen and oxygen atoms in total. The monoisotopic (exact) mass is 408 g/mol. The summed E-state index contributed by atoms with van der Waals surface area (Å²) in [5.74, 6) is -0.0907. The molecule has 2 aliphatic heterocycles. The summed E-state index contributed by atoms with van der Waals surface area (Å²) < 4.78 is 10.6. The Morgan fingerprint density at radius 1 is 1.39 bits per heavy atom. The highest BCUT2D eigenvalue weighted by molar-refractivity contribution is 8.01. The molecule has 0 spiro atoms. The highest BCUT2D eigenvalue weighted by atomic mass is 32.2. The minimum absolute atomic E-state index is 0.0411. The highest BCUT2D eigenvalue weighted by Gasteiger charge is 2.38. The number of rotatable bonds is 6. The van der Waals surface area contributed by atoms with Gasteiger partial charge in [-0.1, -0.05) is 6.07 Å². The van der Waals surface area contributed by atoms with Crippen molar-refractivity contribution < 1.29 is 29.1 Å². The molecule has 3 rings (SSSR count). The molecule has 2 heterocycles. The largest absolute Gasteiger partial charge is 0.536 e. The van der Waals surface area contributed by atoms with Gasteiger partial charge in [0.15, 0.2) is 0 Å². The molecule has 1 aromatic carbocycles. The molecule has 1 fully saturated rings. The van der Waals surface area contributed by atoms with E-state index in [4.69, 9.17) is 15.1 Å². The molecule has 28 heavy (non-hydrogen) atoms. The Labute approximate surface area is 168 Å². The number of aromatic carboxylic acids is 1. The number of thioether (sulfide) groups is 1. The van der Waals surface area contributed by atoms with Crippen molar-refractivity contribution in [3.8, 4) is 11.5 Å². The van der Waals surface area contributed by atoms with Gasteiger partial charge in [-0.05, 0) is 43.4 Å². The van der Waals surface area contributed by atoms with E-state index in [1.54, 1.807) is 12.1 Å². The van der Waals surface area contributed by atoms with Gasteiger partial charge in [0.2, 0.25) is 5.91 Å². The second kappa shape index (κ2) is 9.06. The minimum Gasteiger partial charge on any atom is -0.534 e. The Kier molecular flexibility index (Phi) is 6.74. The Hall–Kier alpha value is -1.91. The molecule has 0 saturated carbocycles. The van der Waals surface area contributed by atoms with Crippen LogP contribution in [0.25, 0.3) is 0 Å². The van der Waals surface area contributed by atoms with Gasteiger partial charge in [0.05, 0.1) is 18.0 Å². The number of hydrogen-bond donors (Lipinski definition) is 3. The summed E-state index contributed by atoms with van der Waals surface area (Å²) in [6.07, 6.45) is 2.26. The Morgan fingerprint density at radius 2 is 2.11 bits per heavy atom. The summed E-state index contributed by atoms with van der Waals surface area (Å²) in [4.78, 5) is 25.9. The number of likely N-dealkylation sites (tertiary alicyclic amines) is 1. The van der Waals surface area contributed by atoms with Gasteiger partial charge in [-0.3, -0.25) is 4.79 Å². The number of carboxylic acids is 1. The van der Waals surface area contributed by atoms with Crippen molar-refractivity contribution in [1.29, 1.82) is 0 Å². The molecule has 0 bridgehead atoms. The number of piperidine rings is 1. The first kappa shape index (κ1) is 20.8. The smallest absolute Gasteiger partial charge is 0.534 e. The number of ether oxygens (including phenoxy) is 1. The second-order valence-corrected chi connectivity index (χ2v) is 8.29. The molecule has 4 N–H and O–H groups in total. The van der Waals surface area contributed by atoms with Crippen molar-refractivity contribution >= 4 is 30.8 Å². The van der Waals surface area contributed by atoms with E-state index in [-0.39, 0.29) is 33.9 Å². The summed E-state index contributed by atoms with van der Waals surface area (Å²) in [5, 5.41) is 19.5. The number of benzene rings is 1. The van der Waals surface area contributed by atoms with Crippen LogP contribution in [0.5, 0.6) is 11.5 Å². The number of nitrogens with zero attached hydrogens (tertiary/aromatic N) is 1. The van der Waals surface area contributed by atoms with Crippen LogP contribution in [0.1, 0.15) is 28.8 Å². The lowest BCUT2D eigenvalue weighted by atomic mass is 9.77. The Balaban J connectivity index is 1.63. The third-order valence-corrected chi connectivity index (χ3v) is 6.58. The lowest BCUT2D eigenvalue weighted by Gasteiger charge is -2.32. The minimum atomic E-state index is -1.20. The van der Waals surface area contributed by atoms with E-state index in [0.717, 1.165) is 25.9 Å². The highest BCUT2D eigenvalue weighted by Crippen LogP contribution is 2.38. The van der Waals surface area contributed by atoms with Crippen molar-refractivity contribution in [2.24, 2.45) is 11.7 Å². The number of methoxy groups -OCH3 is 1. The van der Waals surface area contributed by atoms with E-state index in [9.17, 15) is 19.7 Å². The molecular weight excluding hydrogens is 383 g/mol. The van der Waals surface area contributed by atoms with E-state index in [1.807, 2.05) is 4.90 Å². The number of fused-ring (bicyclic) bond motifs is 1. The van der Waals surface area contributed by atoms with Crippen LogP contribution < -0.4 is 15.1 Å². The van der Waals surface area contributed by atoms with Crippen LogP contribution in [0.3, 0.4) is 0 Å². The fraction of sp³-hybridized carbons (Fsp3) is 0.556. The molecule has 152 valence electrons. The molecule has 0 radical (unpaired) electrons. The molecule has 10 heteroatoms. The molecule has 1 aromatic rings. The maximum absolute atomic E-state index is 12.5. The molecule has 0 aliphatic carbocycles. The molecular formula is C18H25BN2O6S. The van der Waals surface area contributed by atoms with Crippen molar-refractivity contribution in [3.63, 3.8) is 0 Å². The number of carboxylic acid groups (broad SMARTS) is 1. The van der Waals surface area contributed by atoms with Crippen LogP contribution in [0.15, 0.2) is 12.1 Å². The van der Waals surface area contributed by atoms with Crippen LogP contribution in [0.2, 0.25) is 0 Å². The van der Waals surface area contributed by atoms with Gasteiger partial charge in [0, 0.05) is 13.1 Å². The Bertz CT molecular complexity index is 741. The normalized spacial score (nSPS) is 19.8. The summed E-state index contributed by atoms with van der Waals surface area (Å²) in [5.41, 5.74) is 6.27. The molecule has 2 aliphatic rings. The number of carbonyl (C=O) groups is 2. The van der Waals surface area contributed by atoms with Gasteiger partial charge in [-0.2, -0.15) is 0 Å². The van der Waals surface area contributed by atoms with Crippen LogP contribution in [0.4, 0.5) is 0 Å². The van der Waals surface area contributed by atoms with Crippen LogP contribution in [0, 0.1) is 5.92 Å². The maximum atomic E-state index is 12.5. The van der Waals surface area contributed by atoms with Gasteiger partial charge >= 0.3 is 13.1 Å². The molecule has 0 unspecified atom stereocenters. The summed E-state index contributed by atoms with van der Waals surface area (Å²) in [6, 6.07) is 3.32. The molecule has 1 saturated heterocycles. The predicted octanol–water partition coefficient (Wildman–Crippen LogP) is 0.647. The number of amides is 1. The zero-order valence-electron chi connectivity index (χ0n) is 15.8. The lowest BCUT2D eigenvalue weighted by Crippen LogP contribution is -2.43. The van der Waals surface area contributed by atoms with Crippen LogP contribution in [-0.4, -0.2) is 71.7 Å². The second-order valence-electron chi connectivity index (χ2n) is 7.06. The van der Waals surface area contributed by atoms with Crippen molar-refractivity contribution in [1.82, 2.24) is 4.90 Å². The van der Waals surface area contributed by atoms with E-state index in [0.29, 0.717) is 24.4 Å². The molecule has 1 amide bonds. The van der Waals surface area contributed by atoms with Crippen molar-refractivity contribution in [3.05, 3.63) is 23.3 Å². The van der Waals surface area contributed by atoms with Crippen LogP contribution in [-0.2, 0) is 11.2 Å². The average molecular weight is 408 g/mol. The maximum Gasteiger partial charge on any atom is 0.536 e. The molecule has 1 atom stereocenters. The summed E-state index contributed by atoms with van der Waals surface area (Å²) in [6.45, 7) is 2.09. The third-order valence-electron chi connectivity index (χ3n) is 5.33. The van der Waals surface area contributed by atoms with Crippen molar-refractivity contribution in [2.45, 2.75) is 24.4 Å². The zero-order valence-corrected chi connectivity index (χ0v) is 16.6. The number of nitrogens with two attached hydrogens (primary N) is 1. The zero-order chi connectivity index (χ0) is 20.3. The topological polar surface area (TPSA) is 122 Å². The summed E-state index contributed by atoms with van der Waals surface area (Å²) in [7, 11) is 0.187. The van der Waals surface area contributed by atoms with Gasteiger partial charge in [-0.15, -0.1) is 11.8 Å². The standard InChI is InChI=1S/C18H25BN2O6S/c1-26-13-3-2-12-8-14(19(25)27-17(12)16(13)18(23)24)28-10-15(22)21-6-4-11(9-20)5-7-21/h2-3,11,14,25H,4-10,20H2,1H3,(H,23,24)/t14-/m0/s1. The third kappa shape index (κ3) is 4.39. The fourth-order valence-corrected chi connectivity index (χ4v) is 4.68. The fourth-order valence-electron chi connectivity index (χ4n) is 3.62. The summed E-state index contributed by atoms with van der Waals surface area (Å²) >= 11 is 1.33. The number of carbonyl (C=O) groups excluding carboxylic acids is 1. The average Bonchev–Trinajstić information content (AvgIpc) is 2.70. The van der Waals surface area contributed by atoms with Gasteiger partial charge in [0.25, 0.3) is 0 Å². The quantitative estimate of drug-likeness (QED) is 0.587. The Morgan fingerprint density at radius 3 is 2.71 bits per heavy atom. The lowest BCUT2D eigenvalue weighted by molar-refractivity contribution is -0.129. The van der Waals surface area contributed by atoms with Crippen molar-refractivity contribution in [2.75, 3.05) is 32.5 Å². The SMILES string of the molecule is COc1ccc2c(c1C(=O)O)OB(O)[C@@H](SCC(=O)N1CCC(CN)CC1)C2. The predicted molar refractivity (Wildman–Crippen MR) is 107 cm³/mol. The van der Waals surface area contributed by atoms with Crippen LogP contribution >= 0.6 is 11.8 Å². The first-order valence-electron chi connectivity index (χ1n) is 9.32. The van der Waals surface area contributed by atoms with E-state index < -0.39 is 13.1 Å². The van der Waals surface area contributed by atoms with Gasteiger partial charge in [-0.25, -0.2) is 4.79 Å².